The maximum Gasteiger partial charge on any atom is 0.227 e. The summed E-state index contributed by atoms with van der Waals surface area (Å²) in [5.74, 6) is 0.121. The van der Waals surface area contributed by atoms with Crippen molar-refractivity contribution in [1.82, 2.24) is 15.1 Å². The van der Waals surface area contributed by atoms with Crippen LogP contribution in [-0.4, -0.2) is 33.5 Å². The smallest absolute Gasteiger partial charge is 0.227 e. The van der Waals surface area contributed by atoms with E-state index in [1.807, 2.05) is 54.3 Å². The molecule has 0 unspecified atom stereocenters. The average molecular weight is 527 g/mol. The lowest BCUT2D eigenvalue weighted by Crippen LogP contribution is -2.37. The number of nitrogens with zero attached hydrogens (tertiary/aromatic N) is 3. The van der Waals surface area contributed by atoms with E-state index in [1.54, 1.807) is 12.1 Å². The second-order valence-electron chi connectivity index (χ2n) is 10.5. The van der Waals surface area contributed by atoms with Gasteiger partial charge in [0.15, 0.2) is 0 Å². The molecule has 0 aliphatic heterocycles. The molecule has 1 N–H and O–H groups in total. The molecule has 8 heteroatoms. The van der Waals surface area contributed by atoms with E-state index in [0.29, 0.717) is 28.1 Å². The number of benzene rings is 2. The van der Waals surface area contributed by atoms with Gasteiger partial charge < -0.3 is 10.2 Å². The fourth-order valence-corrected chi connectivity index (χ4v) is 5.26. The molecule has 1 aromatic heterocycles. The minimum atomic E-state index is -0.199. The summed E-state index contributed by atoms with van der Waals surface area (Å²) in [5, 5.41) is 12.9. The first-order valence-electron chi connectivity index (χ1n) is 12.3. The SMILES string of the molecule is C[C@@H](CC(=O)N(CCC(=O)Nc1nnc(-c2ccc(Cl)cc2)s1)[C@@H](C)c1ccccc1)CC(C)(C)C. The molecule has 36 heavy (non-hydrogen) atoms. The van der Waals surface area contributed by atoms with E-state index in [-0.39, 0.29) is 35.6 Å². The summed E-state index contributed by atoms with van der Waals surface area (Å²) in [6.45, 7) is 11.0. The molecular weight excluding hydrogens is 492 g/mol. The third-order valence-electron chi connectivity index (χ3n) is 5.90. The topological polar surface area (TPSA) is 75.2 Å². The van der Waals surface area contributed by atoms with Crippen molar-refractivity contribution in [3.05, 3.63) is 65.2 Å². The fourth-order valence-electron chi connectivity index (χ4n) is 4.37. The Bertz CT molecular complexity index is 1140. The highest BCUT2D eigenvalue weighted by molar-refractivity contribution is 7.18. The van der Waals surface area contributed by atoms with Crippen molar-refractivity contribution < 1.29 is 9.59 Å². The molecule has 0 aliphatic rings. The summed E-state index contributed by atoms with van der Waals surface area (Å²) in [5.41, 5.74) is 2.09. The molecule has 2 amide bonds. The van der Waals surface area contributed by atoms with Crippen LogP contribution in [0.4, 0.5) is 5.13 Å². The van der Waals surface area contributed by atoms with Crippen LogP contribution in [-0.2, 0) is 9.59 Å². The van der Waals surface area contributed by atoms with Crippen molar-refractivity contribution in [2.75, 3.05) is 11.9 Å². The first-order valence-corrected chi connectivity index (χ1v) is 13.4. The largest absolute Gasteiger partial charge is 0.335 e. The first kappa shape index (κ1) is 27.8. The number of hydrogen-bond donors (Lipinski definition) is 1. The van der Waals surface area contributed by atoms with E-state index in [1.165, 1.54) is 11.3 Å². The van der Waals surface area contributed by atoms with E-state index < -0.39 is 0 Å². The molecule has 0 bridgehead atoms. The van der Waals surface area contributed by atoms with Crippen LogP contribution < -0.4 is 5.32 Å². The summed E-state index contributed by atoms with van der Waals surface area (Å²) in [6, 6.07) is 17.1. The Hall–Kier alpha value is -2.77. The van der Waals surface area contributed by atoms with Crippen molar-refractivity contribution in [1.29, 1.82) is 0 Å². The predicted octanol–water partition coefficient (Wildman–Crippen LogP) is 7.24. The molecule has 1 heterocycles. The Labute approximate surface area is 223 Å². The third-order valence-corrected chi connectivity index (χ3v) is 7.04. The van der Waals surface area contributed by atoms with Crippen LogP contribution in [0.25, 0.3) is 10.6 Å². The van der Waals surface area contributed by atoms with Crippen molar-refractivity contribution in [2.45, 2.75) is 59.9 Å². The number of hydrogen-bond acceptors (Lipinski definition) is 5. The van der Waals surface area contributed by atoms with Gasteiger partial charge in [0, 0.05) is 30.0 Å². The Morgan fingerprint density at radius 2 is 1.69 bits per heavy atom. The Kier molecular flexibility index (Phi) is 9.63. The van der Waals surface area contributed by atoms with Gasteiger partial charge in [-0.2, -0.15) is 0 Å². The van der Waals surface area contributed by atoms with Crippen LogP contribution in [0.3, 0.4) is 0 Å². The second-order valence-corrected chi connectivity index (χ2v) is 11.9. The van der Waals surface area contributed by atoms with Crippen molar-refractivity contribution in [3.8, 4) is 10.6 Å². The van der Waals surface area contributed by atoms with Gasteiger partial charge in [-0.3, -0.25) is 9.59 Å². The molecule has 3 aromatic rings. The molecule has 0 fully saturated rings. The maximum absolute atomic E-state index is 13.4. The van der Waals surface area contributed by atoms with Crippen LogP contribution in [0.15, 0.2) is 54.6 Å². The van der Waals surface area contributed by atoms with Gasteiger partial charge in [0.25, 0.3) is 0 Å². The molecule has 0 saturated carbocycles. The number of aromatic nitrogens is 2. The molecule has 0 saturated heterocycles. The number of carbonyl (C=O) groups is 2. The minimum Gasteiger partial charge on any atom is -0.335 e. The number of anilines is 1. The Balaban J connectivity index is 1.65. The van der Waals surface area contributed by atoms with E-state index in [9.17, 15) is 9.59 Å². The highest BCUT2D eigenvalue weighted by Crippen LogP contribution is 2.29. The summed E-state index contributed by atoms with van der Waals surface area (Å²) >= 11 is 7.25. The number of amides is 2. The molecule has 0 aliphatic carbocycles. The molecule has 2 aromatic carbocycles. The molecule has 192 valence electrons. The van der Waals surface area contributed by atoms with Crippen LogP contribution in [0.2, 0.25) is 5.02 Å². The molecule has 2 atom stereocenters. The van der Waals surface area contributed by atoms with Gasteiger partial charge in [-0.1, -0.05) is 93.1 Å². The van der Waals surface area contributed by atoms with Crippen LogP contribution in [0.1, 0.15) is 65.5 Å². The third kappa shape index (κ3) is 8.42. The lowest BCUT2D eigenvalue weighted by atomic mass is 9.84. The van der Waals surface area contributed by atoms with Crippen molar-refractivity contribution in [3.63, 3.8) is 0 Å². The van der Waals surface area contributed by atoms with Crippen LogP contribution in [0, 0.1) is 11.3 Å². The minimum absolute atomic E-state index is 0.0665. The number of rotatable bonds is 10. The number of nitrogens with one attached hydrogen (secondary N) is 1. The van der Waals surface area contributed by atoms with Crippen molar-refractivity contribution in [2.24, 2.45) is 11.3 Å². The Morgan fingerprint density at radius 3 is 2.33 bits per heavy atom. The van der Waals surface area contributed by atoms with E-state index >= 15 is 0 Å². The zero-order chi connectivity index (χ0) is 26.3. The highest BCUT2D eigenvalue weighted by Gasteiger charge is 2.25. The van der Waals surface area contributed by atoms with Gasteiger partial charge in [-0.15, -0.1) is 10.2 Å². The van der Waals surface area contributed by atoms with E-state index in [4.69, 9.17) is 11.6 Å². The summed E-state index contributed by atoms with van der Waals surface area (Å²) in [4.78, 5) is 28.0. The molecule has 6 nitrogen and oxygen atoms in total. The molecule has 0 spiro atoms. The van der Waals surface area contributed by atoms with Gasteiger partial charge in [0.1, 0.15) is 5.01 Å². The fraction of sp³-hybridized carbons (Fsp3) is 0.429. The zero-order valence-electron chi connectivity index (χ0n) is 21.6. The molecule has 3 rings (SSSR count). The molecular formula is C28H35ClN4O2S. The second kappa shape index (κ2) is 12.5. The van der Waals surface area contributed by atoms with E-state index in [0.717, 1.165) is 17.5 Å². The van der Waals surface area contributed by atoms with Gasteiger partial charge in [-0.05, 0) is 42.4 Å². The number of carbonyl (C=O) groups excluding carboxylic acids is 2. The van der Waals surface area contributed by atoms with Gasteiger partial charge in [0.05, 0.1) is 6.04 Å². The van der Waals surface area contributed by atoms with Gasteiger partial charge in [-0.25, -0.2) is 0 Å². The summed E-state index contributed by atoms with van der Waals surface area (Å²) < 4.78 is 0. The lowest BCUT2D eigenvalue weighted by Gasteiger charge is -2.31. The monoisotopic (exact) mass is 526 g/mol. The van der Waals surface area contributed by atoms with Crippen LogP contribution >= 0.6 is 22.9 Å². The predicted molar refractivity (Wildman–Crippen MR) is 148 cm³/mol. The van der Waals surface area contributed by atoms with Crippen molar-refractivity contribution >= 4 is 39.9 Å². The standard InChI is InChI=1S/C28H35ClN4O2S/c1-19(18-28(3,4)5)17-25(35)33(20(2)21-9-7-6-8-10-21)16-15-24(34)30-27-32-31-26(36-27)22-11-13-23(29)14-12-22/h6-14,19-20H,15-18H2,1-5H3,(H,30,32,34)/t19-,20-/m0/s1. The van der Waals surface area contributed by atoms with Gasteiger partial charge in [0.2, 0.25) is 16.9 Å². The quantitative estimate of drug-likeness (QED) is 0.302. The normalized spacial score (nSPS) is 13.2. The highest BCUT2D eigenvalue weighted by atomic mass is 35.5. The number of halogens is 1. The summed E-state index contributed by atoms with van der Waals surface area (Å²) in [7, 11) is 0. The first-order chi connectivity index (χ1) is 17.0. The van der Waals surface area contributed by atoms with E-state index in [2.05, 4.69) is 43.2 Å². The van der Waals surface area contributed by atoms with Gasteiger partial charge >= 0.3 is 0 Å². The lowest BCUT2D eigenvalue weighted by molar-refractivity contribution is -0.134. The summed E-state index contributed by atoms with van der Waals surface area (Å²) in [6.07, 6.45) is 1.59. The molecule has 0 radical (unpaired) electrons. The zero-order valence-corrected chi connectivity index (χ0v) is 23.2. The Morgan fingerprint density at radius 1 is 1.03 bits per heavy atom. The van der Waals surface area contributed by atoms with Crippen LogP contribution in [0.5, 0.6) is 0 Å². The maximum atomic E-state index is 13.4. The average Bonchev–Trinajstić information content (AvgIpc) is 3.27.